The summed E-state index contributed by atoms with van der Waals surface area (Å²) >= 11 is 6.18. The van der Waals surface area contributed by atoms with Crippen LogP contribution in [-0.4, -0.2) is 27.9 Å². The van der Waals surface area contributed by atoms with E-state index in [0.29, 0.717) is 28.4 Å². The van der Waals surface area contributed by atoms with Gasteiger partial charge in [-0.05, 0) is 30.2 Å². The Morgan fingerprint density at radius 2 is 1.97 bits per heavy atom. The largest absolute Gasteiger partial charge is 0.489 e. The number of carbonyl (C=O) groups excluding carboxylic acids is 1. The second kappa shape index (κ2) is 6.99. The van der Waals surface area contributed by atoms with Crippen LogP contribution in [0.5, 0.6) is 5.75 Å². The molecule has 0 unspecified atom stereocenters. The van der Waals surface area contributed by atoms with Crippen LogP contribution in [0.15, 0.2) is 30.5 Å². The fourth-order valence-electron chi connectivity index (χ4n) is 5.69. The number of aromatic nitrogens is 1. The van der Waals surface area contributed by atoms with Crippen molar-refractivity contribution in [1.82, 2.24) is 9.88 Å². The van der Waals surface area contributed by atoms with E-state index in [-0.39, 0.29) is 28.9 Å². The van der Waals surface area contributed by atoms with Crippen LogP contribution in [0.1, 0.15) is 61.8 Å². The number of nitrogens with zero attached hydrogens (tertiary/aromatic N) is 3. The smallest absolute Gasteiger partial charge is 0.256 e. The van der Waals surface area contributed by atoms with Crippen LogP contribution in [0.4, 0.5) is 0 Å². The quantitative estimate of drug-likeness (QED) is 0.693. The van der Waals surface area contributed by atoms with E-state index in [2.05, 4.69) is 51.7 Å². The number of fused-ring (bicyclic) bond motifs is 1. The molecule has 1 fully saturated rings. The number of hydrogen-bond donors (Lipinski definition) is 0. The van der Waals surface area contributed by atoms with E-state index in [4.69, 9.17) is 21.6 Å². The molecule has 1 saturated carbocycles. The first-order valence-electron chi connectivity index (χ1n) is 10.3. The maximum atomic E-state index is 13.2. The fourth-order valence-corrected chi connectivity index (χ4v) is 5.91. The minimum Gasteiger partial charge on any atom is -0.489 e. The molecule has 1 aromatic carbocycles. The predicted molar refractivity (Wildman–Crippen MR) is 115 cm³/mol. The van der Waals surface area contributed by atoms with E-state index in [9.17, 15) is 4.79 Å². The van der Waals surface area contributed by atoms with Crippen molar-refractivity contribution in [3.8, 4) is 11.8 Å². The molecule has 0 N–H and O–H groups in total. The molecular weight excluding hydrogens is 398 g/mol. The van der Waals surface area contributed by atoms with E-state index in [1.165, 1.54) is 0 Å². The zero-order valence-electron chi connectivity index (χ0n) is 18.0. The van der Waals surface area contributed by atoms with Crippen LogP contribution < -0.4 is 4.74 Å². The van der Waals surface area contributed by atoms with Gasteiger partial charge in [-0.3, -0.25) is 9.78 Å². The maximum absolute atomic E-state index is 13.2. The van der Waals surface area contributed by atoms with Gasteiger partial charge in [0.2, 0.25) is 0 Å². The highest BCUT2D eigenvalue weighted by Gasteiger charge is 2.67. The van der Waals surface area contributed by atoms with Gasteiger partial charge in [0, 0.05) is 41.4 Å². The van der Waals surface area contributed by atoms with Gasteiger partial charge < -0.3 is 9.64 Å². The van der Waals surface area contributed by atoms with Crippen molar-refractivity contribution in [2.75, 3.05) is 0 Å². The van der Waals surface area contributed by atoms with Crippen molar-refractivity contribution in [2.45, 2.75) is 59.7 Å². The lowest BCUT2D eigenvalue weighted by Crippen LogP contribution is -2.74. The number of aryl methyl sites for hydroxylation is 1. The summed E-state index contributed by atoms with van der Waals surface area (Å²) in [5.41, 5.74) is 2.68. The fraction of sp³-hybridized carbons (Fsp3) is 0.458. The van der Waals surface area contributed by atoms with E-state index in [1.807, 2.05) is 4.90 Å². The molecule has 1 aromatic heterocycles. The zero-order valence-corrected chi connectivity index (χ0v) is 18.7. The number of ether oxygens (including phenoxy) is 1. The van der Waals surface area contributed by atoms with Crippen LogP contribution in [0.2, 0.25) is 5.02 Å². The van der Waals surface area contributed by atoms with Gasteiger partial charge in [0.1, 0.15) is 17.9 Å². The topological polar surface area (TPSA) is 66.2 Å². The lowest BCUT2D eigenvalue weighted by atomic mass is 9.49. The second-order valence-electron chi connectivity index (χ2n) is 9.42. The van der Waals surface area contributed by atoms with Crippen LogP contribution >= 0.6 is 11.6 Å². The second-order valence-corrected chi connectivity index (χ2v) is 9.82. The van der Waals surface area contributed by atoms with Gasteiger partial charge in [0.25, 0.3) is 5.91 Å². The zero-order chi connectivity index (χ0) is 21.8. The Labute approximate surface area is 182 Å². The predicted octanol–water partition coefficient (Wildman–Crippen LogP) is 5.01. The monoisotopic (exact) mass is 423 g/mol. The molecule has 1 aliphatic heterocycles. The Hall–Kier alpha value is -2.58. The number of amides is 1. The first-order chi connectivity index (χ1) is 14.1. The minimum atomic E-state index is -0.261. The SMILES string of the molecule is CCc1cc2c(cn1)C(=O)N(C1C(C)(C)C(Oc3ccc(C#N)c(Cl)c3)C1(C)C)C2. The lowest BCUT2D eigenvalue weighted by Gasteiger charge is -2.65. The average Bonchev–Trinajstić information content (AvgIpc) is 3.00. The lowest BCUT2D eigenvalue weighted by molar-refractivity contribution is -0.199. The highest BCUT2D eigenvalue weighted by atomic mass is 35.5. The minimum absolute atomic E-state index is 0.0221. The Morgan fingerprint density at radius 1 is 1.27 bits per heavy atom. The molecule has 1 amide bonds. The molecule has 30 heavy (non-hydrogen) atoms. The Morgan fingerprint density at radius 3 is 2.57 bits per heavy atom. The summed E-state index contributed by atoms with van der Waals surface area (Å²) in [5, 5.41) is 9.47. The standard InChI is InChI=1S/C24H26ClN3O2/c1-6-16-9-15-13-28(20(29)18(15)12-27-16)21-23(2,3)22(24(21,4)5)30-17-8-7-14(11-26)19(25)10-17/h7-10,12,21-22H,6,13H2,1-5H3. The van der Waals surface area contributed by atoms with Gasteiger partial charge in [-0.2, -0.15) is 5.26 Å². The summed E-state index contributed by atoms with van der Waals surface area (Å²) in [6.07, 6.45) is 2.46. The summed E-state index contributed by atoms with van der Waals surface area (Å²) in [6, 6.07) is 9.28. The van der Waals surface area contributed by atoms with Gasteiger partial charge in [-0.1, -0.05) is 46.2 Å². The van der Waals surface area contributed by atoms with Gasteiger partial charge in [-0.15, -0.1) is 0 Å². The Bertz CT molecular complexity index is 1050. The van der Waals surface area contributed by atoms with Gasteiger partial charge in [-0.25, -0.2) is 0 Å². The Balaban J connectivity index is 1.59. The van der Waals surface area contributed by atoms with E-state index >= 15 is 0 Å². The number of benzene rings is 1. The van der Waals surface area contributed by atoms with Gasteiger partial charge in [0.15, 0.2) is 0 Å². The van der Waals surface area contributed by atoms with Crippen molar-refractivity contribution in [3.63, 3.8) is 0 Å². The highest BCUT2D eigenvalue weighted by molar-refractivity contribution is 6.31. The normalized spacial score (nSPS) is 23.5. The molecule has 2 aromatic rings. The van der Waals surface area contributed by atoms with Crippen molar-refractivity contribution in [3.05, 3.63) is 57.9 Å². The van der Waals surface area contributed by atoms with Crippen molar-refractivity contribution in [2.24, 2.45) is 10.8 Å². The van der Waals surface area contributed by atoms with Crippen molar-refractivity contribution >= 4 is 17.5 Å². The van der Waals surface area contributed by atoms with Crippen LogP contribution in [0, 0.1) is 22.2 Å². The highest BCUT2D eigenvalue weighted by Crippen LogP contribution is 2.59. The molecule has 0 spiro atoms. The van der Waals surface area contributed by atoms with Crippen molar-refractivity contribution in [1.29, 1.82) is 5.26 Å². The van der Waals surface area contributed by atoms with Crippen molar-refractivity contribution < 1.29 is 9.53 Å². The summed E-state index contributed by atoms with van der Waals surface area (Å²) < 4.78 is 6.36. The third-order valence-electron chi connectivity index (χ3n) is 6.63. The molecule has 2 aliphatic rings. The molecule has 0 atom stereocenters. The molecular formula is C24H26ClN3O2. The number of halogens is 1. The number of rotatable bonds is 4. The van der Waals surface area contributed by atoms with E-state index < -0.39 is 0 Å². The van der Waals surface area contributed by atoms with Gasteiger partial charge >= 0.3 is 0 Å². The molecule has 0 bridgehead atoms. The molecule has 0 radical (unpaired) electrons. The average molecular weight is 424 g/mol. The molecule has 0 saturated heterocycles. The Kier molecular flexibility index (Phi) is 4.82. The van der Waals surface area contributed by atoms with Crippen LogP contribution in [0.25, 0.3) is 0 Å². The van der Waals surface area contributed by atoms with Crippen LogP contribution in [0.3, 0.4) is 0 Å². The molecule has 5 nitrogen and oxygen atoms in total. The van der Waals surface area contributed by atoms with E-state index in [1.54, 1.807) is 24.4 Å². The summed E-state index contributed by atoms with van der Waals surface area (Å²) in [4.78, 5) is 19.6. The number of nitriles is 1. The molecule has 6 heteroatoms. The summed E-state index contributed by atoms with van der Waals surface area (Å²) in [5.74, 6) is 0.683. The maximum Gasteiger partial charge on any atom is 0.256 e. The summed E-state index contributed by atoms with van der Waals surface area (Å²) in [6.45, 7) is 11.3. The first-order valence-corrected chi connectivity index (χ1v) is 10.6. The van der Waals surface area contributed by atoms with Crippen LogP contribution in [-0.2, 0) is 13.0 Å². The summed E-state index contributed by atoms with van der Waals surface area (Å²) in [7, 11) is 0. The first kappa shape index (κ1) is 20.7. The number of pyridine rings is 1. The van der Waals surface area contributed by atoms with Gasteiger partial charge in [0.05, 0.1) is 16.1 Å². The third kappa shape index (κ3) is 2.97. The van der Waals surface area contributed by atoms with E-state index in [0.717, 1.165) is 17.7 Å². The number of hydrogen-bond acceptors (Lipinski definition) is 4. The number of carbonyl (C=O) groups is 1. The molecule has 156 valence electrons. The third-order valence-corrected chi connectivity index (χ3v) is 6.94. The molecule has 1 aliphatic carbocycles. The molecule has 2 heterocycles. The molecule has 4 rings (SSSR count).